The van der Waals surface area contributed by atoms with E-state index in [2.05, 4.69) is 0 Å². The lowest BCUT2D eigenvalue weighted by atomic mass is 9.59. The van der Waals surface area contributed by atoms with Crippen LogP contribution in [0.1, 0.15) is 31.2 Å². The van der Waals surface area contributed by atoms with Gasteiger partial charge in [0.25, 0.3) is 0 Å². The lowest BCUT2D eigenvalue weighted by Gasteiger charge is -2.42. The van der Waals surface area contributed by atoms with Crippen molar-refractivity contribution in [1.82, 2.24) is 4.90 Å². The number of fused-ring (bicyclic) bond motifs is 3. The van der Waals surface area contributed by atoms with Crippen LogP contribution in [0.2, 0.25) is 5.02 Å². The summed E-state index contributed by atoms with van der Waals surface area (Å²) in [5, 5.41) is 11.0. The summed E-state index contributed by atoms with van der Waals surface area (Å²) in [6.45, 7) is 1.56. The molecule has 0 bridgehead atoms. The van der Waals surface area contributed by atoms with Gasteiger partial charge in [-0.05, 0) is 50.0 Å². The molecule has 0 unspecified atom stereocenters. The second-order valence-electron chi connectivity index (χ2n) is 8.78. The summed E-state index contributed by atoms with van der Waals surface area (Å²) >= 11 is 6.20. The van der Waals surface area contributed by atoms with Gasteiger partial charge in [0.1, 0.15) is 5.75 Å². The maximum atomic E-state index is 13.2. The smallest absolute Gasteiger partial charge is 0.328 e. The molecule has 8 nitrogen and oxygen atoms in total. The van der Waals surface area contributed by atoms with Crippen LogP contribution in [0.15, 0.2) is 52.6 Å². The standard InChI is InChI=1S/C24H19ClN2O6/c1-9-6-17(29)15-8-13-11(3-4-12-19(13)23(32)27(22(12)31)24(26)33)18(20(15)21(9)30)14-7-10(25)2-5-16(14)28/h2-3,5-7,12-13,18-19,28H,4,8H2,1H3,(H2,26,33)/t12-,13+,18+,19-/m0/s1. The van der Waals surface area contributed by atoms with Gasteiger partial charge in [0.05, 0.1) is 11.8 Å². The number of carbonyl (C=O) groups is 5. The molecule has 0 radical (unpaired) electrons. The second kappa shape index (κ2) is 7.25. The summed E-state index contributed by atoms with van der Waals surface area (Å²) in [4.78, 5) is 64.3. The SMILES string of the molecule is CC1=CC(=O)C2=C(C1=O)[C@@H](c1cc(Cl)ccc1O)C1=CC[C@@H]3C(=O)N(C(N)=O)C(=O)[C@@H]3[C@@H]1C2. The molecule has 168 valence electrons. The summed E-state index contributed by atoms with van der Waals surface area (Å²) in [6.07, 6.45) is 3.28. The van der Waals surface area contributed by atoms with Crippen molar-refractivity contribution in [2.24, 2.45) is 23.5 Å². The van der Waals surface area contributed by atoms with E-state index in [1.165, 1.54) is 24.3 Å². The Labute approximate surface area is 193 Å². The first kappa shape index (κ1) is 21.3. The van der Waals surface area contributed by atoms with Crippen molar-refractivity contribution in [2.45, 2.75) is 25.7 Å². The highest BCUT2D eigenvalue weighted by molar-refractivity contribution is 6.30. The molecule has 1 aromatic rings. The molecule has 0 aromatic heterocycles. The number of phenols is 1. The highest BCUT2D eigenvalue weighted by atomic mass is 35.5. The normalized spacial score (nSPS) is 28.8. The van der Waals surface area contributed by atoms with Crippen LogP contribution in [-0.2, 0) is 19.2 Å². The number of amides is 4. The third-order valence-corrected chi connectivity index (χ3v) is 7.32. The number of likely N-dealkylation sites (tertiary alicyclic amines) is 1. The minimum atomic E-state index is -1.14. The molecule has 1 fully saturated rings. The number of halogens is 1. The van der Waals surface area contributed by atoms with E-state index < -0.39 is 41.5 Å². The van der Waals surface area contributed by atoms with E-state index >= 15 is 0 Å². The fraction of sp³-hybridized carbons (Fsp3) is 0.292. The molecule has 4 aliphatic rings. The van der Waals surface area contributed by atoms with Crippen LogP contribution < -0.4 is 5.73 Å². The zero-order valence-electron chi connectivity index (χ0n) is 17.5. The predicted molar refractivity (Wildman–Crippen MR) is 116 cm³/mol. The van der Waals surface area contributed by atoms with Crippen LogP contribution >= 0.6 is 11.6 Å². The van der Waals surface area contributed by atoms with Crippen molar-refractivity contribution in [3.05, 3.63) is 63.2 Å². The Kier molecular flexibility index (Phi) is 4.68. The van der Waals surface area contributed by atoms with E-state index in [9.17, 15) is 29.1 Å². The van der Waals surface area contributed by atoms with Gasteiger partial charge in [-0.1, -0.05) is 23.3 Å². The number of carbonyl (C=O) groups excluding carboxylic acids is 5. The Morgan fingerprint density at radius 1 is 1.15 bits per heavy atom. The van der Waals surface area contributed by atoms with Gasteiger partial charge in [-0.25, -0.2) is 4.79 Å². The number of benzene rings is 1. The number of ketones is 2. The minimum absolute atomic E-state index is 0.0696. The summed E-state index contributed by atoms with van der Waals surface area (Å²) < 4.78 is 0. The third kappa shape index (κ3) is 2.94. The van der Waals surface area contributed by atoms with E-state index in [-0.39, 0.29) is 46.9 Å². The third-order valence-electron chi connectivity index (χ3n) is 7.09. The molecule has 0 saturated carbocycles. The minimum Gasteiger partial charge on any atom is -0.508 e. The van der Waals surface area contributed by atoms with Crippen LogP contribution in [0.4, 0.5) is 4.79 Å². The molecule has 9 heteroatoms. The summed E-state index contributed by atoms with van der Waals surface area (Å²) in [5.41, 5.74) is 7.05. The number of urea groups is 1. The summed E-state index contributed by atoms with van der Waals surface area (Å²) in [7, 11) is 0. The molecule has 3 aliphatic carbocycles. The molecular formula is C24H19ClN2O6. The van der Waals surface area contributed by atoms with Crippen molar-refractivity contribution in [2.75, 3.05) is 0 Å². The first-order valence-electron chi connectivity index (χ1n) is 10.5. The number of hydrogen-bond acceptors (Lipinski definition) is 6. The van der Waals surface area contributed by atoms with E-state index in [0.29, 0.717) is 21.1 Å². The van der Waals surface area contributed by atoms with E-state index in [0.717, 1.165) is 0 Å². The van der Waals surface area contributed by atoms with Gasteiger partial charge in [-0.2, -0.15) is 4.90 Å². The fourth-order valence-electron chi connectivity index (χ4n) is 5.69. The molecule has 33 heavy (non-hydrogen) atoms. The number of phenolic OH excluding ortho intramolecular Hbond substituents is 1. The Morgan fingerprint density at radius 3 is 2.58 bits per heavy atom. The number of imide groups is 3. The van der Waals surface area contributed by atoms with E-state index in [4.69, 9.17) is 17.3 Å². The maximum absolute atomic E-state index is 13.2. The highest BCUT2D eigenvalue weighted by Gasteiger charge is 2.57. The van der Waals surface area contributed by atoms with Crippen molar-refractivity contribution >= 4 is 41.0 Å². The Hall–Kier alpha value is -3.52. The molecule has 1 aliphatic heterocycles. The molecule has 0 spiro atoms. The van der Waals surface area contributed by atoms with Crippen molar-refractivity contribution in [1.29, 1.82) is 0 Å². The average molecular weight is 467 g/mol. The van der Waals surface area contributed by atoms with Gasteiger partial charge < -0.3 is 10.8 Å². The Balaban J connectivity index is 1.73. The van der Waals surface area contributed by atoms with E-state index in [1.807, 2.05) is 0 Å². The van der Waals surface area contributed by atoms with Crippen molar-refractivity contribution < 1.29 is 29.1 Å². The number of nitrogens with zero attached hydrogens (tertiary/aromatic N) is 1. The topological polar surface area (TPSA) is 135 Å². The largest absolute Gasteiger partial charge is 0.508 e. The number of nitrogens with two attached hydrogens (primary N) is 1. The van der Waals surface area contributed by atoms with Crippen LogP contribution in [-0.4, -0.2) is 39.4 Å². The van der Waals surface area contributed by atoms with Crippen LogP contribution in [0, 0.1) is 17.8 Å². The van der Waals surface area contributed by atoms with Crippen molar-refractivity contribution in [3.8, 4) is 5.75 Å². The van der Waals surface area contributed by atoms with Crippen LogP contribution in [0.5, 0.6) is 5.75 Å². The second-order valence-corrected chi connectivity index (χ2v) is 9.22. The zero-order valence-corrected chi connectivity index (χ0v) is 18.3. The fourth-order valence-corrected chi connectivity index (χ4v) is 5.87. The monoisotopic (exact) mass is 466 g/mol. The van der Waals surface area contributed by atoms with Crippen LogP contribution in [0.3, 0.4) is 0 Å². The first-order valence-corrected chi connectivity index (χ1v) is 10.9. The summed E-state index contributed by atoms with van der Waals surface area (Å²) in [5.74, 6) is -5.23. The molecule has 4 amide bonds. The maximum Gasteiger partial charge on any atom is 0.328 e. The van der Waals surface area contributed by atoms with Gasteiger partial charge in [-0.15, -0.1) is 0 Å². The first-order chi connectivity index (χ1) is 15.6. The van der Waals surface area contributed by atoms with E-state index in [1.54, 1.807) is 13.0 Å². The number of rotatable bonds is 1. The molecule has 1 aromatic carbocycles. The molecule has 4 atom stereocenters. The lowest BCUT2D eigenvalue weighted by molar-refractivity contribution is -0.136. The van der Waals surface area contributed by atoms with Gasteiger partial charge in [0.2, 0.25) is 11.8 Å². The van der Waals surface area contributed by atoms with Crippen LogP contribution in [0.25, 0.3) is 0 Å². The number of aromatic hydroxyl groups is 1. The number of hydrogen-bond donors (Lipinski definition) is 2. The molecule has 5 rings (SSSR count). The predicted octanol–water partition coefficient (Wildman–Crippen LogP) is 2.55. The van der Waals surface area contributed by atoms with Gasteiger partial charge in [-0.3, -0.25) is 19.2 Å². The lowest BCUT2D eigenvalue weighted by Crippen LogP contribution is -2.42. The number of Topliss-reactive ketones (excluding diaryl/α,β-unsaturated/α-hetero) is 1. The summed E-state index contributed by atoms with van der Waals surface area (Å²) in [6, 6.07) is 3.31. The molecular weight excluding hydrogens is 448 g/mol. The average Bonchev–Trinajstić information content (AvgIpc) is 3.02. The van der Waals surface area contributed by atoms with Gasteiger partial charge >= 0.3 is 6.03 Å². The molecule has 3 N–H and O–H groups in total. The molecule has 1 heterocycles. The van der Waals surface area contributed by atoms with Crippen molar-refractivity contribution in [3.63, 3.8) is 0 Å². The van der Waals surface area contributed by atoms with Gasteiger partial charge in [0.15, 0.2) is 11.6 Å². The number of primary amides is 1. The Bertz CT molecular complexity index is 1290. The Morgan fingerprint density at radius 2 is 1.88 bits per heavy atom. The quantitative estimate of drug-likeness (QED) is 0.371. The van der Waals surface area contributed by atoms with Gasteiger partial charge in [0, 0.05) is 33.2 Å². The highest BCUT2D eigenvalue weighted by Crippen LogP contribution is 2.56. The molecule has 1 saturated heterocycles. The number of allylic oxidation sites excluding steroid dienone is 6. The zero-order chi connectivity index (χ0) is 23.8.